The number of imidazole rings is 1. The van der Waals surface area contributed by atoms with Crippen molar-refractivity contribution in [3.63, 3.8) is 0 Å². The molecule has 0 saturated heterocycles. The lowest BCUT2D eigenvalue weighted by Gasteiger charge is -2.30. The van der Waals surface area contributed by atoms with E-state index in [9.17, 15) is 22.0 Å². The maximum absolute atomic E-state index is 13.6. The second-order valence-electron chi connectivity index (χ2n) is 7.13. The van der Waals surface area contributed by atoms with Crippen LogP contribution in [-0.4, -0.2) is 33.9 Å². The molecular weight excluding hydrogens is 457 g/mol. The van der Waals surface area contributed by atoms with Crippen molar-refractivity contribution in [1.29, 1.82) is 5.26 Å². The van der Waals surface area contributed by atoms with Crippen molar-refractivity contribution < 1.29 is 26.7 Å². The summed E-state index contributed by atoms with van der Waals surface area (Å²) in [6.07, 6.45) is -7.39. The lowest BCUT2D eigenvalue weighted by molar-refractivity contribution is -0.276. The first-order chi connectivity index (χ1) is 15.1. The number of fused-ring (bicyclic) bond motifs is 3. The van der Waals surface area contributed by atoms with Crippen LogP contribution in [0.25, 0.3) is 11.0 Å². The highest BCUT2D eigenvalue weighted by atomic mass is 35.5. The molecule has 0 radical (unpaired) electrons. The summed E-state index contributed by atoms with van der Waals surface area (Å²) in [5.41, 5.74) is 0.919. The minimum Gasteiger partial charge on any atom is -0.310 e. The minimum atomic E-state index is -5.08. The van der Waals surface area contributed by atoms with Gasteiger partial charge in [0.2, 0.25) is 5.95 Å². The monoisotopic (exact) mass is 471 g/mol. The fourth-order valence-corrected chi connectivity index (χ4v) is 4.09. The highest BCUT2D eigenvalue weighted by Crippen LogP contribution is 2.44. The van der Waals surface area contributed by atoms with E-state index in [0.717, 1.165) is 6.07 Å². The zero-order valence-corrected chi connectivity index (χ0v) is 17.3. The topological polar surface area (TPSA) is 67.0 Å². The van der Waals surface area contributed by atoms with Crippen molar-refractivity contribution >= 4 is 34.3 Å². The van der Waals surface area contributed by atoms with Gasteiger partial charge in [-0.25, -0.2) is 9.97 Å². The molecule has 0 spiro atoms. The highest BCUT2D eigenvalue weighted by Gasteiger charge is 2.45. The number of ether oxygens (including phenoxy) is 1. The Bertz CT molecular complexity index is 1220. The Morgan fingerprint density at radius 1 is 1.16 bits per heavy atom. The zero-order chi connectivity index (χ0) is 23.2. The first-order valence-corrected chi connectivity index (χ1v) is 9.84. The number of aromatic nitrogens is 3. The lowest BCUT2D eigenvalue weighted by Crippen LogP contribution is -2.30. The number of pyridine rings is 1. The predicted molar refractivity (Wildman–Crippen MR) is 106 cm³/mol. The number of halogens is 6. The number of hydrogen-bond donors (Lipinski definition) is 0. The summed E-state index contributed by atoms with van der Waals surface area (Å²) in [6.45, 7) is -1.13. The minimum absolute atomic E-state index is 0.0144. The molecule has 168 valence electrons. The van der Waals surface area contributed by atoms with Gasteiger partial charge in [-0.05, 0) is 31.5 Å². The van der Waals surface area contributed by atoms with Crippen molar-refractivity contribution in [1.82, 2.24) is 14.5 Å². The van der Waals surface area contributed by atoms with Crippen LogP contribution in [0.4, 0.5) is 33.6 Å². The Morgan fingerprint density at radius 3 is 2.53 bits per heavy atom. The van der Waals surface area contributed by atoms with Crippen molar-refractivity contribution in [2.75, 3.05) is 11.4 Å². The van der Waals surface area contributed by atoms with Crippen LogP contribution in [-0.2, 0) is 11.3 Å². The fraction of sp³-hybridized carbons (Fsp3) is 0.350. The predicted octanol–water partition coefficient (Wildman–Crippen LogP) is 5.65. The standard InChI is InChI=1S/C20H15ClF5N5O/c1-10-14(6-3-11(9-27)28-10)30-7-2-8-31-16-12(17(20(24,25)26)32-18(22)23)4-5-13(21)15(16)29-19(30)31/h3-6,17-18H,2,7-8H2,1H3. The van der Waals surface area contributed by atoms with E-state index in [0.29, 0.717) is 36.8 Å². The van der Waals surface area contributed by atoms with Crippen LogP contribution in [0.1, 0.15) is 29.5 Å². The van der Waals surface area contributed by atoms with Gasteiger partial charge < -0.3 is 14.2 Å². The molecule has 12 heteroatoms. The molecule has 3 aromatic rings. The second kappa shape index (κ2) is 8.18. The molecule has 4 rings (SSSR count). The van der Waals surface area contributed by atoms with Gasteiger partial charge in [-0.1, -0.05) is 17.7 Å². The molecule has 3 heterocycles. The average molecular weight is 472 g/mol. The van der Waals surface area contributed by atoms with Gasteiger partial charge in [0.1, 0.15) is 17.3 Å². The number of benzene rings is 1. The van der Waals surface area contributed by atoms with Crippen LogP contribution < -0.4 is 4.90 Å². The molecule has 1 atom stereocenters. The van der Waals surface area contributed by atoms with Crippen LogP contribution >= 0.6 is 11.6 Å². The number of rotatable bonds is 4. The third-order valence-electron chi connectivity index (χ3n) is 5.14. The molecule has 0 aliphatic carbocycles. The average Bonchev–Trinajstić information content (AvgIpc) is 3.13. The molecule has 32 heavy (non-hydrogen) atoms. The fourth-order valence-electron chi connectivity index (χ4n) is 3.90. The first kappa shape index (κ1) is 22.2. The molecule has 0 bridgehead atoms. The van der Waals surface area contributed by atoms with E-state index in [1.165, 1.54) is 16.7 Å². The summed E-state index contributed by atoms with van der Waals surface area (Å²) in [5, 5.41) is 9.12. The van der Waals surface area contributed by atoms with Crippen molar-refractivity contribution in [3.8, 4) is 6.07 Å². The summed E-state index contributed by atoms with van der Waals surface area (Å²) in [6, 6.07) is 7.37. The number of nitriles is 1. The molecule has 0 fully saturated rings. The van der Waals surface area contributed by atoms with Crippen LogP contribution in [0, 0.1) is 18.3 Å². The van der Waals surface area contributed by atoms with Gasteiger partial charge in [0.15, 0.2) is 6.10 Å². The number of alkyl halides is 5. The van der Waals surface area contributed by atoms with Crippen LogP contribution in [0.15, 0.2) is 24.3 Å². The van der Waals surface area contributed by atoms with Gasteiger partial charge in [-0.2, -0.15) is 27.2 Å². The van der Waals surface area contributed by atoms with Crippen molar-refractivity contribution in [3.05, 3.63) is 46.2 Å². The summed E-state index contributed by atoms with van der Waals surface area (Å²) in [5.74, 6) is 0.299. The van der Waals surface area contributed by atoms with Gasteiger partial charge in [-0.3, -0.25) is 0 Å². The Balaban J connectivity index is 1.93. The van der Waals surface area contributed by atoms with E-state index in [1.807, 2.05) is 6.07 Å². The summed E-state index contributed by atoms with van der Waals surface area (Å²) >= 11 is 6.22. The van der Waals surface area contributed by atoms with Crippen LogP contribution in [0.5, 0.6) is 0 Å². The third-order valence-corrected chi connectivity index (χ3v) is 5.45. The van der Waals surface area contributed by atoms with E-state index >= 15 is 0 Å². The largest absolute Gasteiger partial charge is 0.419 e. The molecule has 2 aromatic heterocycles. The molecule has 6 nitrogen and oxygen atoms in total. The molecule has 1 unspecified atom stereocenters. The molecule has 1 aliphatic rings. The summed E-state index contributed by atoms with van der Waals surface area (Å²) < 4.78 is 72.0. The quantitative estimate of drug-likeness (QED) is 0.460. The van der Waals surface area contributed by atoms with Gasteiger partial charge in [0.25, 0.3) is 0 Å². The first-order valence-electron chi connectivity index (χ1n) is 9.46. The molecule has 0 N–H and O–H groups in total. The molecule has 0 saturated carbocycles. The van der Waals surface area contributed by atoms with E-state index in [2.05, 4.69) is 14.7 Å². The maximum atomic E-state index is 13.6. The normalized spacial score (nSPS) is 15.2. The van der Waals surface area contributed by atoms with E-state index in [4.69, 9.17) is 16.9 Å². The number of nitrogens with zero attached hydrogens (tertiary/aromatic N) is 5. The van der Waals surface area contributed by atoms with Gasteiger partial charge >= 0.3 is 12.8 Å². The molecular formula is C20H15ClF5N5O. The summed E-state index contributed by atoms with van der Waals surface area (Å²) in [7, 11) is 0. The number of hydrogen-bond acceptors (Lipinski definition) is 5. The van der Waals surface area contributed by atoms with E-state index in [-0.39, 0.29) is 21.7 Å². The highest BCUT2D eigenvalue weighted by molar-refractivity contribution is 6.35. The molecule has 1 aliphatic heterocycles. The van der Waals surface area contributed by atoms with Gasteiger partial charge in [0, 0.05) is 18.7 Å². The molecule has 0 amide bonds. The van der Waals surface area contributed by atoms with Gasteiger partial charge in [0.05, 0.1) is 21.9 Å². The lowest BCUT2D eigenvalue weighted by atomic mass is 10.1. The SMILES string of the molecule is Cc1nc(C#N)ccc1N1CCCn2c1nc1c(Cl)ccc(C(OC(F)F)C(F)(F)F)c12. The number of anilines is 2. The molecule has 1 aromatic carbocycles. The van der Waals surface area contributed by atoms with Crippen molar-refractivity contribution in [2.45, 2.75) is 38.8 Å². The zero-order valence-electron chi connectivity index (χ0n) is 16.5. The van der Waals surface area contributed by atoms with E-state index < -0.39 is 24.5 Å². The Hall–Kier alpha value is -2.97. The smallest absolute Gasteiger partial charge is 0.310 e. The van der Waals surface area contributed by atoms with Crippen LogP contribution in [0.3, 0.4) is 0 Å². The van der Waals surface area contributed by atoms with Gasteiger partial charge in [-0.15, -0.1) is 0 Å². The Kier molecular flexibility index (Phi) is 5.68. The van der Waals surface area contributed by atoms with E-state index in [1.54, 1.807) is 17.9 Å². The van der Waals surface area contributed by atoms with Crippen LogP contribution in [0.2, 0.25) is 5.02 Å². The Labute approximate surface area is 183 Å². The Morgan fingerprint density at radius 2 is 1.91 bits per heavy atom. The maximum Gasteiger partial charge on any atom is 0.419 e. The number of aryl methyl sites for hydroxylation is 2. The summed E-state index contributed by atoms with van der Waals surface area (Å²) in [4.78, 5) is 10.4. The third kappa shape index (κ3) is 3.84. The second-order valence-corrected chi connectivity index (χ2v) is 7.54. The van der Waals surface area contributed by atoms with Crippen molar-refractivity contribution in [2.24, 2.45) is 0 Å².